The molecule has 4 nitrogen and oxygen atoms in total. The van der Waals surface area contributed by atoms with Crippen molar-refractivity contribution < 1.29 is 4.79 Å². The fourth-order valence-electron chi connectivity index (χ4n) is 3.96. The third-order valence-corrected chi connectivity index (χ3v) is 5.86. The second-order valence-corrected chi connectivity index (χ2v) is 7.86. The largest absolute Gasteiger partial charge is 0.351 e. The predicted molar refractivity (Wildman–Crippen MR) is 98.5 cm³/mol. The molecule has 0 radical (unpaired) electrons. The first-order valence-corrected chi connectivity index (χ1v) is 9.61. The first-order valence-electron chi connectivity index (χ1n) is 9.61. The second-order valence-electron chi connectivity index (χ2n) is 7.86. The predicted octanol–water partition coefficient (Wildman–Crippen LogP) is 3.62. The van der Waals surface area contributed by atoms with Gasteiger partial charge >= 0.3 is 0 Å². The molecule has 134 valence electrons. The Kier molecular flexibility index (Phi) is 5.75. The Morgan fingerprint density at radius 3 is 2.40 bits per heavy atom. The Hall–Kier alpha value is -1.86. The van der Waals surface area contributed by atoms with Crippen LogP contribution in [-0.2, 0) is 17.9 Å². The van der Waals surface area contributed by atoms with Gasteiger partial charge in [-0.1, -0.05) is 44.0 Å². The molecule has 1 saturated heterocycles. The van der Waals surface area contributed by atoms with E-state index in [1.165, 1.54) is 31.5 Å². The van der Waals surface area contributed by atoms with Gasteiger partial charge in [0, 0.05) is 13.1 Å². The molecule has 0 atom stereocenters. The van der Waals surface area contributed by atoms with E-state index >= 15 is 0 Å². The summed E-state index contributed by atoms with van der Waals surface area (Å²) in [6.07, 6.45) is 5.94. The zero-order valence-electron chi connectivity index (χ0n) is 15.3. The maximum absolute atomic E-state index is 12.4. The number of likely N-dealkylation sites (tertiary alicyclic amines) is 1. The normalized spacial score (nSPS) is 21.0. The van der Waals surface area contributed by atoms with E-state index in [0.717, 1.165) is 30.9 Å². The summed E-state index contributed by atoms with van der Waals surface area (Å²) in [4.78, 5) is 14.9. The topological polar surface area (TPSA) is 56.1 Å². The van der Waals surface area contributed by atoms with Gasteiger partial charge in [-0.3, -0.25) is 9.69 Å². The number of amides is 1. The summed E-state index contributed by atoms with van der Waals surface area (Å²) < 4.78 is 0. The molecule has 1 aliphatic carbocycles. The Morgan fingerprint density at radius 2 is 1.80 bits per heavy atom. The minimum absolute atomic E-state index is 0.0981. The standard InChI is InChI=1S/C21H29N3O/c1-17-8-12-24(13-9-17)15-19-6-4-18(5-7-19)14-23-20(25)21(16-22)10-2-3-11-21/h4-7,17H,2-3,8-15H2,1H3,(H,23,25). The van der Waals surface area contributed by atoms with Crippen LogP contribution in [0.1, 0.15) is 56.6 Å². The van der Waals surface area contributed by atoms with Crippen molar-refractivity contribution >= 4 is 5.91 Å². The third-order valence-electron chi connectivity index (χ3n) is 5.86. The molecular weight excluding hydrogens is 310 g/mol. The Bertz CT molecular complexity index is 618. The van der Waals surface area contributed by atoms with Gasteiger partial charge in [-0.25, -0.2) is 0 Å². The van der Waals surface area contributed by atoms with E-state index in [-0.39, 0.29) is 5.91 Å². The van der Waals surface area contributed by atoms with Gasteiger partial charge in [0.25, 0.3) is 0 Å². The second kappa shape index (κ2) is 8.01. The fourth-order valence-corrected chi connectivity index (χ4v) is 3.96. The van der Waals surface area contributed by atoms with Crippen molar-refractivity contribution in [3.63, 3.8) is 0 Å². The number of piperidine rings is 1. The minimum Gasteiger partial charge on any atom is -0.351 e. The number of carbonyl (C=O) groups is 1. The lowest BCUT2D eigenvalue weighted by molar-refractivity contribution is -0.128. The molecule has 1 aromatic rings. The summed E-state index contributed by atoms with van der Waals surface area (Å²) in [7, 11) is 0. The average molecular weight is 339 g/mol. The van der Waals surface area contributed by atoms with Gasteiger partial charge in [-0.15, -0.1) is 0 Å². The van der Waals surface area contributed by atoms with E-state index in [1.807, 2.05) is 0 Å². The van der Waals surface area contributed by atoms with Gasteiger partial charge < -0.3 is 5.32 Å². The number of nitrogens with zero attached hydrogens (tertiary/aromatic N) is 2. The van der Waals surface area contributed by atoms with Gasteiger partial charge in [0.05, 0.1) is 6.07 Å². The molecular formula is C21H29N3O. The highest BCUT2D eigenvalue weighted by Gasteiger charge is 2.41. The van der Waals surface area contributed by atoms with Gasteiger partial charge in [0.2, 0.25) is 5.91 Å². The molecule has 4 heteroatoms. The number of nitriles is 1. The number of nitrogens with one attached hydrogen (secondary N) is 1. The summed E-state index contributed by atoms with van der Waals surface area (Å²) in [5, 5.41) is 12.3. The first kappa shape index (κ1) is 17.9. The lowest BCUT2D eigenvalue weighted by Crippen LogP contribution is -2.37. The van der Waals surface area contributed by atoms with Crippen LogP contribution >= 0.6 is 0 Å². The molecule has 1 aromatic carbocycles. The van der Waals surface area contributed by atoms with Gasteiger partial charge in [0.15, 0.2) is 0 Å². The van der Waals surface area contributed by atoms with Gasteiger partial charge in [-0.05, 0) is 55.8 Å². The molecule has 1 aliphatic heterocycles. The highest BCUT2D eigenvalue weighted by Crippen LogP contribution is 2.37. The van der Waals surface area contributed by atoms with Crippen molar-refractivity contribution in [3.05, 3.63) is 35.4 Å². The van der Waals surface area contributed by atoms with Gasteiger partial charge in [-0.2, -0.15) is 5.26 Å². The number of carbonyl (C=O) groups excluding carboxylic acids is 1. The first-order chi connectivity index (χ1) is 12.1. The smallest absolute Gasteiger partial charge is 0.240 e. The lowest BCUT2D eigenvalue weighted by atomic mass is 9.87. The van der Waals surface area contributed by atoms with Crippen LogP contribution in [0.3, 0.4) is 0 Å². The molecule has 0 aromatic heterocycles. The van der Waals surface area contributed by atoms with E-state index in [9.17, 15) is 10.1 Å². The number of rotatable bonds is 5. The summed E-state index contributed by atoms with van der Waals surface area (Å²) in [5.41, 5.74) is 1.63. The quantitative estimate of drug-likeness (QED) is 0.891. The number of benzene rings is 1. The van der Waals surface area contributed by atoms with Crippen LogP contribution in [-0.4, -0.2) is 23.9 Å². The highest BCUT2D eigenvalue weighted by molar-refractivity contribution is 5.85. The van der Waals surface area contributed by atoms with E-state index in [2.05, 4.69) is 47.5 Å². The maximum Gasteiger partial charge on any atom is 0.240 e. The molecule has 25 heavy (non-hydrogen) atoms. The molecule has 0 bridgehead atoms. The molecule has 0 unspecified atom stereocenters. The van der Waals surface area contributed by atoms with Crippen LogP contribution < -0.4 is 5.32 Å². The van der Waals surface area contributed by atoms with Crippen molar-refractivity contribution in [2.24, 2.45) is 11.3 Å². The van der Waals surface area contributed by atoms with Crippen LogP contribution in [0.2, 0.25) is 0 Å². The monoisotopic (exact) mass is 339 g/mol. The zero-order valence-corrected chi connectivity index (χ0v) is 15.3. The molecule has 3 rings (SSSR count). The van der Waals surface area contributed by atoms with E-state index in [1.54, 1.807) is 0 Å². The Labute approximate surface area is 151 Å². The third kappa shape index (κ3) is 4.41. The summed E-state index contributed by atoms with van der Waals surface area (Å²) >= 11 is 0. The average Bonchev–Trinajstić information content (AvgIpc) is 3.13. The van der Waals surface area contributed by atoms with E-state index in [4.69, 9.17) is 0 Å². The molecule has 2 aliphatic rings. The summed E-state index contributed by atoms with van der Waals surface area (Å²) in [6, 6.07) is 10.8. The molecule has 2 fully saturated rings. The van der Waals surface area contributed by atoms with E-state index < -0.39 is 5.41 Å². The van der Waals surface area contributed by atoms with Crippen molar-refractivity contribution in [1.82, 2.24) is 10.2 Å². The Balaban J connectivity index is 1.49. The highest BCUT2D eigenvalue weighted by atomic mass is 16.2. The van der Waals surface area contributed by atoms with E-state index in [0.29, 0.717) is 19.4 Å². The minimum atomic E-state index is -0.786. The van der Waals surface area contributed by atoms with Crippen molar-refractivity contribution in [2.75, 3.05) is 13.1 Å². The fraction of sp³-hybridized carbons (Fsp3) is 0.619. The maximum atomic E-state index is 12.4. The Morgan fingerprint density at radius 1 is 1.20 bits per heavy atom. The van der Waals surface area contributed by atoms with Crippen LogP contribution in [0.4, 0.5) is 0 Å². The van der Waals surface area contributed by atoms with Crippen molar-refractivity contribution in [1.29, 1.82) is 5.26 Å². The molecule has 1 N–H and O–H groups in total. The molecule has 0 spiro atoms. The van der Waals surface area contributed by atoms with Crippen LogP contribution in [0.5, 0.6) is 0 Å². The van der Waals surface area contributed by atoms with Crippen molar-refractivity contribution in [3.8, 4) is 6.07 Å². The van der Waals surface area contributed by atoms with Crippen molar-refractivity contribution in [2.45, 2.75) is 58.5 Å². The molecule has 1 heterocycles. The number of hydrogen-bond donors (Lipinski definition) is 1. The van der Waals surface area contributed by atoms with Crippen LogP contribution in [0.25, 0.3) is 0 Å². The van der Waals surface area contributed by atoms with Gasteiger partial charge in [0.1, 0.15) is 5.41 Å². The summed E-state index contributed by atoms with van der Waals surface area (Å²) in [6.45, 7) is 6.23. The number of hydrogen-bond acceptors (Lipinski definition) is 3. The van der Waals surface area contributed by atoms with Crippen LogP contribution in [0.15, 0.2) is 24.3 Å². The molecule has 1 saturated carbocycles. The zero-order chi connectivity index (χ0) is 17.7. The SMILES string of the molecule is CC1CCN(Cc2ccc(CNC(=O)C3(C#N)CCCC3)cc2)CC1. The van der Waals surface area contributed by atoms with Crippen LogP contribution in [0, 0.1) is 22.7 Å². The summed E-state index contributed by atoms with van der Waals surface area (Å²) in [5.74, 6) is 0.762. The lowest BCUT2D eigenvalue weighted by Gasteiger charge is -2.30. The molecule has 1 amide bonds.